The number of aromatic nitrogens is 1. The molecule has 2 aromatic rings. The molecule has 100 valence electrons. The molecule has 0 aliphatic heterocycles. The summed E-state index contributed by atoms with van der Waals surface area (Å²) >= 11 is 0. The molecule has 0 radical (unpaired) electrons. The molecule has 0 saturated carbocycles. The molecule has 1 aromatic carbocycles. The molecule has 1 heterocycles. The van der Waals surface area contributed by atoms with Crippen LogP contribution in [0.25, 0.3) is 0 Å². The molecule has 0 spiro atoms. The van der Waals surface area contributed by atoms with Crippen LogP contribution < -0.4 is 4.74 Å². The van der Waals surface area contributed by atoms with Crippen LogP contribution in [0.3, 0.4) is 0 Å². The van der Waals surface area contributed by atoms with Crippen LogP contribution in [0.4, 0.5) is 0 Å². The van der Waals surface area contributed by atoms with E-state index in [1.807, 2.05) is 6.07 Å². The number of nitriles is 1. The molecule has 1 N–H and O–H groups in total. The van der Waals surface area contributed by atoms with Gasteiger partial charge in [0.25, 0.3) is 0 Å². The molecule has 0 unspecified atom stereocenters. The Morgan fingerprint density at radius 3 is 2.65 bits per heavy atom. The summed E-state index contributed by atoms with van der Waals surface area (Å²) in [5, 5.41) is 17.4. The normalized spacial score (nSPS) is 9.75. The zero-order chi connectivity index (χ0) is 14.4. The monoisotopic (exact) mass is 268 g/mol. The third kappa shape index (κ3) is 3.82. The number of aliphatic carboxylic acids is 1. The summed E-state index contributed by atoms with van der Waals surface area (Å²) < 4.78 is 5.57. The summed E-state index contributed by atoms with van der Waals surface area (Å²) in [5.74, 6) is -0.214. The van der Waals surface area contributed by atoms with Gasteiger partial charge in [0.15, 0.2) is 0 Å². The van der Waals surface area contributed by atoms with Crippen molar-refractivity contribution >= 4 is 5.97 Å². The third-order valence-electron chi connectivity index (χ3n) is 2.62. The number of carboxylic acids is 1. The highest BCUT2D eigenvalue weighted by Gasteiger charge is 2.02. The van der Waals surface area contributed by atoms with Crippen LogP contribution in [0.15, 0.2) is 42.6 Å². The average molecular weight is 268 g/mol. The van der Waals surface area contributed by atoms with Gasteiger partial charge in [0.05, 0.1) is 6.42 Å². The maximum atomic E-state index is 10.6. The lowest BCUT2D eigenvalue weighted by Gasteiger charge is -2.07. The zero-order valence-electron chi connectivity index (χ0n) is 10.6. The minimum absolute atomic E-state index is 0.00381. The van der Waals surface area contributed by atoms with Crippen molar-refractivity contribution in [1.29, 1.82) is 5.26 Å². The number of carboxylic acid groups (broad SMARTS) is 1. The molecular weight excluding hydrogens is 256 g/mol. The first-order chi connectivity index (χ1) is 9.67. The fourth-order valence-electron chi connectivity index (χ4n) is 1.67. The Kier molecular flexibility index (Phi) is 4.30. The van der Waals surface area contributed by atoms with Crippen molar-refractivity contribution < 1.29 is 14.6 Å². The van der Waals surface area contributed by atoms with E-state index >= 15 is 0 Å². The van der Waals surface area contributed by atoms with Crippen LogP contribution in [-0.2, 0) is 17.8 Å². The van der Waals surface area contributed by atoms with Crippen molar-refractivity contribution in [3.63, 3.8) is 0 Å². The van der Waals surface area contributed by atoms with E-state index in [0.29, 0.717) is 18.1 Å². The molecule has 0 atom stereocenters. The van der Waals surface area contributed by atoms with Gasteiger partial charge in [-0.3, -0.25) is 4.79 Å². The van der Waals surface area contributed by atoms with E-state index in [2.05, 4.69) is 4.98 Å². The van der Waals surface area contributed by atoms with Gasteiger partial charge >= 0.3 is 5.97 Å². The summed E-state index contributed by atoms with van der Waals surface area (Å²) in [4.78, 5) is 14.4. The lowest BCUT2D eigenvalue weighted by molar-refractivity contribution is -0.136. The standard InChI is InChI=1S/C15H12N2O3/c16-9-13-7-12(5-6-17-13)10-20-14-3-1-11(2-4-14)8-15(18)19/h1-7H,8,10H2,(H,18,19). The highest BCUT2D eigenvalue weighted by molar-refractivity contribution is 5.70. The van der Waals surface area contributed by atoms with Gasteiger partial charge in [0.1, 0.15) is 24.1 Å². The van der Waals surface area contributed by atoms with Gasteiger partial charge in [-0.1, -0.05) is 12.1 Å². The predicted octanol–water partition coefficient (Wildman–Crippen LogP) is 2.16. The number of hydrogen-bond acceptors (Lipinski definition) is 4. The van der Waals surface area contributed by atoms with Crippen LogP contribution in [-0.4, -0.2) is 16.1 Å². The van der Waals surface area contributed by atoms with Crippen LogP contribution in [0.1, 0.15) is 16.8 Å². The molecule has 5 nitrogen and oxygen atoms in total. The number of ether oxygens (including phenoxy) is 1. The molecule has 20 heavy (non-hydrogen) atoms. The minimum Gasteiger partial charge on any atom is -0.489 e. The first-order valence-corrected chi connectivity index (χ1v) is 5.96. The largest absolute Gasteiger partial charge is 0.489 e. The van der Waals surface area contributed by atoms with Crippen LogP contribution in [0, 0.1) is 11.3 Å². The summed E-state index contributed by atoms with van der Waals surface area (Å²) in [7, 11) is 0. The number of carbonyl (C=O) groups is 1. The second kappa shape index (κ2) is 6.34. The highest BCUT2D eigenvalue weighted by atomic mass is 16.5. The molecule has 5 heteroatoms. The number of pyridine rings is 1. The second-order valence-corrected chi connectivity index (χ2v) is 4.16. The third-order valence-corrected chi connectivity index (χ3v) is 2.62. The zero-order valence-corrected chi connectivity index (χ0v) is 10.6. The van der Waals surface area contributed by atoms with Crippen LogP contribution in [0.5, 0.6) is 5.75 Å². The van der Waals surface area contributed by atoms with Gasteiger partial charge in [0.2, 0.25) is 0 Å². The first-order valence-electron chi connectivity index (χ1n) is 5.96. The van der Waals surface area contributed by atoms with E-state index < -0.39 is 5.97 Å². The summed E-state index contributed by atoms with van der Waals surface area (Å²) in [6.45, 7) is 0.329. The van der Waals surface area contributed by atoms with Crippen molar-refractivity contribution in [3.8, 4) is 11.8 Å². The van der Waals surface area contributed by atoms with Crippen molar-refractivity contribution in [2.45, 2.75) is 13.0 Å². The Bertz CT molecular complexity index is 645. The van der Waals surface area contributed by atoms with E-state index in [9.17, 15) is 4.79 Å². The van der Waals surface area contributed by atoms with Gasteiger partial charge in [-0.25, -0.2) is 4.98 Å². The minimum atomic E-state index is -0.862. The Hall–Kier alpha value is -2.87. The number of rotatable bonds is 5. The number of nitrogens with zero attached hydrogens (tertiary/aromatic N) is 2. The Morgan fingerprint density at radius 2 is 2.00 bits per heavy atom. The van der Waals surface area contributed by atoms with Crippen LogP contribution in [0.2, 0.25) is 0 Å². The van der Waals surface area contributed by atoms with E-state index in [0.717, 1.165) is 11.1 Å². The molecule has 0 amide bonds. The van der Waals surface area contributed by atoms with Crippen molar-refractivity contribution in [2.24, 2.45) is 0 Å². The lowest BCUT2D eigenvalue weighted by atomic mass is 10.1. The SMILES string of the molecule is N#Cc1cc(COc2ccc(CC(=O)O)cc2)ccn1. The first kappa shape index (κ1) is 13.6. The van der Waals surface area contributed by atoms with Gasteiger partial charge in [-0.05, 0) is 35.4 Å². The maximum absolute atomic E-state index is 10.6. The van der Waals surface area contributed by atoms with E-state index in [1.165, 1.54) is 0 Å². The predicted molar refractivity (Wildman–Crippen MR) is 71.1 cm³/mol. The lowest BCUT2D eigenvalue weighted by Crippen LogP contribution is -2.00. The Morgan fingerprint density at radius 1 is 1.25 bits per heavy atom. The average Bonchev–Trinajstić information content (AvgIpc) is 2.46. The van der Waals surface area contributed by atoms with Crippen molar-refractivity contribution in [2.75, 3.05) is 0 Å². The van der Waals surface area contributed by atoms with Crippen LogP contribution >= 0.6 is 0 Å². The molecular formula is C15H12N2O3. The highest BCUT2D eigenvalue weighted by Crippen LogP contribution is 2.14. The molecule has 0 aliphatic rings. The quantitative estimate of drug-likeness (QED) is 0.898. The van der Waals surface area contributed by atoms with E-state index in [4.69, 9.17) is 15.1 Å². The van der Waals surface area contributed by atoms with Gasteiger partial charge < -0.3 is 9.84 Å². The van der Waals surface area contributed by atoms with Crippen molar-refractivity contribution in [1.82, 2.24) is 4.98 Å². The maximum Gasteiger partial charge on any atom is 0.307 e. The molecule has 0 aliphatic carbocycles. The van der Waals surface area contributed by atoms with Crippen molar-refractivity contribution in [3.05, 3.63) is 59.4 Å². The molecule has 0 saturated heterocycles. The molecule has 0 fully saturated rings. The smallest absolute Gasteiger partial charge is 0.307 e. The Balaban J connectivity index is 1.97. The number of benzene rings is 1. The topological polar surface area (TPSA) is 83.2 Å². The fraction of sp³-hybridized carbons (Fsp3) is 0.133. The molecule has 1 aromatic heterocycles. The number of hydrogen-bond donors (Lipinski definition) is 1. The summed E-state index contributed by atoms with van der Waals surface area (Å²) in [6, 6.07) is 12.3. The summed E-state index contributed by atoms with van der Waals surface area (Å²) in [6.07, 6.45) is 1.56. The second-order valence-electron chi connectivity index (χ2n) is 4.16. The summed E-state index contributed by atoms with van der Waals surface area (Å²) in [5.41, 5.74) is 1.93. The van der Waals surface area contributed by atoms with Gasteiger partial charge in [-0.2, -0.15) is 5.26 Å². The molecule has 2 rings (SSSR count). The van der Waals surface area contributed by atoms with Gasteiger partial charge in [-0.15, -0.1) is 0 Å². The van der Waals surface area contributed by atoms with E-state index in [-0.39, 0.29) is 6.42 Å². The van der Waals surface area contributed by atoms with E-state index in [1.54, 1.807) is 42.6 Å². The molecule has 0 bridgehead atoms. The van der Waals surface area contributed by atoms with Gasteiger partial charge in [0, 0.05) is 6.20 Å². The Labute approximate surface area is 116 Å². The fourth-order valence-corrected chi connectivity index (χ4v) is 1.67.